The Morgan fingerprint density at radius 1 is 1.35 bits per heavy atom. The van der Waals surface area contributed by atoms with Crippen molar-refractivity contribution in [3.8, 4) is 6.07 Å². The molecule has 2 rings (SSSR count). The molecule has 1 N–H and O–H groups in total. The molecule has 0 aromatic heterocycles. The van der Waals surface area contributed by atoms with Crippen molar-refractivity contribution in [1.29, 1.82) is 5.26 Å². The fraction of sp³-hybridized carbons (Fsp3) is 0.857. The molecular weight excluding hydrogens is 256 g/mol. The van der Waals surface area contributed by atoms with Gasteiger partial charge in [0.2, 0.25) is 5.91 Å². The molecular formula is C14H24N4O2. The Bertz CT molecular complexity index is 346. The smallest absolute Gasteiger partial charge is 0.223 e. The Hall–Kier alpha value is -1.16. The monoisotopic (exact) mass is 280 g/mol. The van der Waals surface area contributed by atoms with Crippen molar-refractivity contribution < 1.29 is 9.53 Å². The lowest BCUT2D eigenvalue weighted by Gasteiger charge is -2.32. The zero-order valence-corrected chi connectivity index (χ0v) is 12.0. The lowest BCUT2D eigenvalue weighted by Crippen LogP contribution is -2.47. The molecule has 6 nitrogen and oxygen atoms in total. The van der Waals surface area contributed by atoms with Gasteiger partial charge in [0.05, 0.1) is 25.7 Å². The molecule has 2 heterocycles. The summed E-state index contributed by atoms with van der Waals surface area (Å²) in [6, 6.07) is 2.13. The highest BCUT2D eigenvalue weighted by molar-refractivity contribution is 5.76. The highest BCUT2D eigenvalue weighted by Gasteiger charge is 2.23. The first-order valence-corrected chi connectivity index (χ1v) is 7.45. The Morgan fingerprint density at radius 3 is 2.70 bits per heavy atom. The van der Waals surface area contributed by atoms with Gasteiger partial charge in [-0.25, -0.2) is 0 Å². The third kappa shape index (κ3) is 4.75. The number of rotatable bonds is 7. The van der Waals surface area contributed by atoms with Crippen LogP contribution < -0.4 is 5.32 Å². The van der Waals surface area contributed by atoms with Crippen molar-refractivity contribution in [3.63, 3.8) is 0 Å². The van der Waals surface area contributed by atoms with Gasteiger partial charge in [-0.05, 0) is 19.0 Å². The molecule has 0 radical (unpaired) electrons. The molecule has 0 aliphatic carbocycles. The second kappa shape index (κ2) is 8.20. The van der Waals surface area contributed by atoms with Crippen LogP contribution in [0.5, 0.6) is 0 Å². The van der Waals surface area contributed by atoms with Crippen LogP contribution in [0.3, 0.4) is 0 Å². The molecule has 0 aromatic rings. The normalized spacial score (nSPS) is 20.1. The SMILES string of the molecule is N#CCCN(CCN1CCOCC1)C(=O)CC1CNC1. The predicted molar refractivity (Wildman–Crippen MR) is 75.0 cm³/mol. The van der Waals surface area contributed by atoms with Gasteiger partial charge in [0.25, 0.3) is 0 Å². The third-order valence-corrected chi connectivity index (χ3v) is 3.97. The van der Waals surface area contributed by atoms with Gasteiger partial charge in [0.15, 0.2) is 0 Å². The van der Waals surface area contributed by atoms with E-state index < -0.39 is 0 Å². The minimum Gasteiger partial charge on any atom is -0.379 e. The minimum atomic E-state index is 0.194. The maximum atomic E-state index is 12.3. The number of carbonyl (C=O) groups is 1. The van der Waals surface area contributed by atoms with Gasteiger partial charge in [-0.15, -0.1) is 0 Å². The lowest BCUT2D eigenvalue weighted by molar-refractivity contribution is -0.132. The molecule has 6 heteroatoms. The number of nitrogens with one attached hydrogen (secondary N) is 1. The standard InChI is InChI=1S/C14H24N4O2/c15-2-1-3-18(14(19)10-13-11-16-12-13)5-4-17-6-8-20-9-7-17/h13,16H,1,3-12H2. The molecule has 0 atom stereocenters. The number of hydrogen-bond donors (Lipinski definition) is 1. The van der Waals surface area contributed by atoms with E-state index in [4.69, 9.17) is 10.00 Å². The molecule has 2 aliphatic heterocycles. The van der Waals surface area contributed by atoms with Crippen LogP contribution >= 0.6 is 0 Å². The first-order valence-electron chi connectivity index (χ1n) is 7.45. The molecule has 0 bridgehead atoms. The van der Waals surface area contributed by atoms with E-state index in [-0.39, 0.29) is 5.91 Å². The average molecular weight is 280 g/mol. The highest BCUT2D eigenvalue weighted by Crippen LogP contribution is 2.11. The number of nitriles is 1. The Balaban J connectivity index is 1.75. The van der Waals surface area contributed by atoms with Crippen LogP contribution in [-0.2, 0) is 9.53 Å². The van der Waals surface area contributed by atoms with Crippen LogP contribution in [0.25, 0.3) is 0 Å². The van der Waals surface area contributed by atoms with Gasteiger partial charge in [-0.1, -0.05) is 0 Å². The molecule has 2 aliphatic rings. The lowest BCUT2D eigenvalue weighted by atomic mass is 9.98. The number of amides is 1. The van der Waals surface area contributed by atoms with Crippen molar-refractivity contribution in [2.45, 2.75) is 12.8 Å². The third-order valence-electron chi connectivity index (χ3n) is 3.97. The second-order valence-electron chi connectivity index (χ2n) is 5.47. The summed E-state index contributed by atoms with van der Waals surface area (Å²) in [6.45, 7) is 7.48. The summed E-state index contributed by atoms with van der Waals surface area (Å²) >= 11 is 0. The largest absolute Gasteiger partial charge is 0.379 e. The van der Waals surface area contributed by atoms with Crippen molar-refractivity contribution in [2.75, 3.05) is 59.0 Å². The van der Waals surface area contributed by atoms with E-state index in [1.807, 2.05) is 4.90 Å². The number of carbonyl (C=O) groups excluding carboxylic acids is 1. The minimum absolute atomic E-state index is 0.194. The van der Waals surface area contributed by atoms with Gasteiger partial charge in [0.1, 0.15) is 0 Å². The number of ether oxygens (including phenoxy) is 1. The summed E-state index contributed by atoms with van der Waals surface area (Å²) in [7, 11) is 0. The van der Waals surface area contributed by atoms with Crippen molar-refractivity contribution in [1.82, 2.24) is 15.1 Å². The molecule has 1 amide bonds. The van der Waals surface area contributed by atoms with Crippen LogP contribution in [0.2, 0.25) is 0 Å². The van der Waals surface area contributed by atoms with E-state index in [0.717, 1.165) is 52.5 Å². The Morgan fingerprint density at radius 2 is 2.10 bits per heavy atom. The summed E-state index contributed by atoms with van der Waals surface area (Å²) in [5.41, 5.74) is 0. The number of nitrogens with zero attached hydrogens (tertiary/aromatic N) is 3. The summed E-state index contributed by atoms with van der Waals surface area (Å²) in [5.74, 6) is 0.676. The van der Waals surface area contributed by atoms with E-state index in [1.165, 1.54) is 0 Å². The first kappa shape index (κ1) is 15.2. The van der Waals surface area contributed by atoms with Crippen LogP contribution in [0.15, 0.2) is 0 Å². The maximum absolute atomic E-state index is 12.3. The Labute approximate surface area is 120 Å². The zero-order chi connectivity index (χ0) is 14.2. The highest BCUT2D eigenvalue weighted by atomic mass is 16.5. The topological polar surface area (TPSA) is 68.6 Å². The van der Waals surface area contributed by atoms with E-state index in [2.05, 4.69) is 16.3 Å². The molecule has 112 valence electrons. The van der Waals surface area contributed by atoms with Gasteiger partial charge < -0.3 is 15.0 Å². The molecule has 0 aromatic carbocycles. The molecule has 2 saturated heterocycles. The number of hydrogen-bond acceptors (Lipinski definition) is 5. The molecule has 0 saturated carbocycles. The average Bonchev–Trinajstić information content (AvgIpc) is 2.44. The van der Waals surface area contributed by atoms with Crippen LogP contribution in [0.1, 0.15) is 12.8 Å². The molecule has 0 spiro atoms. The zero-order valence-electron chi connectivity index (χ0n) is 12.0. The van der Waals surface area contributed by atoms with Crippen molar-refractivity contribution in [2.24, 2.45) is 5.92 Å². The van der Waals surface area contributed by atoms with E-state index in [1.54, 1.807) is 0 Å². The summed E-state index contributed by atoms with van der Waals surface area (Å²) < 4.78 is 5.32. The quantitative estimate of drug-likeness (QED) is 0.691. The van der Waals surface area contributed by atoms with Gasteiger partial charge in [0, 0.05) is 39.1 Å². The van der Waals surface area contributed by atoms with E-state index in [9.17, 15) is 4.79 Å². The van der Waals surface area contributed by atoms with Crippen LogP contribution in [-0.4, -0.2) is 74.7 Å². The Kier molecular flexibility index (Phi) is 6.25. The predicted octanol–water partition coefficient (Wildman–Crippen LogP) is -0.330. The molecule has 0 unspecified atom stereocenters. The maximum Gasteiger partial charge on any atom is 0.223 e. The van der Waals surface area contributed by atoms with Gasteiger partial charge >= 0.3 is 0 Å². The van der Waals surface area contributed by atoms with E-state index in [0.29, 0.717) is 25.3 Å². The molecule has 20 heavy (non-hydrogen) atoms. The summed E-state index contributed by atoms with van der Waals surface area (Å²) in [4.78, 5) is 16.4. The van der Waals surface area contributed by atoms with Crippen LogP contribution in [0.4, 0.5) is 0 Å². The van der Waals surface area contributed by atoms with Gasteiger partial charge in [-0.2, -0.15) is 5.26 Å². The van der Waals surface area contributed by atoms with E-state index >= 15 is 0 Å². The summed E-state index contributed by atoms with van der Waals surface area (Å²) in [5, 5.41) is 11.9. The second-order valence-corrected chi connectivity index (χ2v) is 5.47. The van der Waals surface area contributed by atoms with Crippen molar-refractivity contribution >= 4 is 5.91 Å². The number of morpholine rings is 1. The fourth-order valence-electron chi connectivity index (χ4n) is 2.50. The summed E-state index contributed by atoms with van der Waals surface area (Å²) in [6.07, 6.45) is 1.03. The van der Waals surface area contributed by atoms with Gasteiger partial charge in [-0.3, -0.25) is 9.69 Å². The van der Waals surface area contributed by atoms with Crippen LogP contribution in [0, 0.1) is 17.2 Å². The fourth-order valence-corrected chi connectivity index (χ4v) is 2.50. The molecule has 2 fully saturated rings. The first-order chi connectivity index (χ1) is 9.79. The van der Waals surface area contributed by atoms with Crippen molar-refractivity contribution in [3.05, 3.63) is 0 Å².